The predicted molar refractivity (Wildman–Crippen MR) is 83.0 cm³/mol. The monoisotopic (exact) mass is 299 g/mol. The van der Waals surface area contributed by atoms with Gasteiger partial charge in [0, 0.05) is 0 Å². The van der Waals surface area contributed by atoms with Crippen LogP contribution in [0.1, 0.15) is 41.5 Å². The molecule has 2 heteroatoms. The molecule has 0 heterocycles. The van der Waals surface area contributed by atoms with E-state index in [0.29, 0.717) is 0 Å². The van der Waals surface area contributed by atoms with Gasteiger partial charge in [0.05, 0.1) is 0 Å². The molecule has 0 radical (unpaired) electrons. The molecule has 0 amide bonds. The van der Waals surface area contributed by atoms with Gasteiger partial charge in [0.15, 0.2) is 0 Å². The van der Waals surface area contributed by atoms with Gasteiger partial charge < -0.3 is 0 Å². The molecule has 0 aromatic rings. The first-order chi connectivity index (χ1) is 7.85. The Balaban J connectivity index is 5.49. The molecule has 0 rings (SSSR count). The molecule has 0 aromatic heterocycles. The number of hydrogen-bond acceptors (Lipinski definition) is 1. The van der Waals surface area contributed by atoms with E-state index in [1.807, 2.05) is 0 Å². The van der Waals surface area contributed by atoms with E-state index >= 15 is 0 Å². The first-order valence-electron chi connectivity index (χ1n) is 6.82. The Hall–Kier alpha value is -0.0171. The van der Waals surface area contributed by atoms with Gasteiger partial charge in [0.1, 0.15) is 0 Å². The van der Waals surface area contributed by atoms with Crippen LogP contribution in [0.2, 0.25) is 14.3 Å². The molecular weight excluding hydrogens is 267 g/mol. The van der Waals surface area contributed by atoms with Crippen molar-refractivity contribution in [3.8, 4) is 0 Å². The molecule has 0 unspecified atom stereocenters. The van der Waals surface area contributed by atoms with Crippen LogP contribution in [0.25, 0.3) is 0 Å². The van der Waals surface area contributed by atoms with E-state index in [1.54, 1.807) is 0 Å². The van der Waals surface area contributed by atoms with Gasteiger partial charge in [-0.25, -0.2) is 0 Å². The minimum atomic E-state index is -2.11. The first kappa shape index (κ1) is 17.0. The fourth-order valence-electron chi connectivity index (χ4n) is 3.80. The Bertz CT molecular complexity index is 212. The summed E-state index contributed by atoms with van der Waals surface area (Å²) >= 11 is -2.11. The van der Waals surface area contributed by atoms with Crippen molar-refractivity contribution in [2.75, 3.05) is 13.1 Å². The zero-order valence-electron chi connectivity index (χ0n) is 12.7. The fourth-order valence-corrected chi connectivity index (χ4v) is 18.7. The van der Waals surface area contributed by atoms with Gasteiger partial charge in [-0.3, -0.25) is 0 Å². The number of hydrogen-bond donors (Lipinski definition) is 0. The summed E-state index contributed by atoms with van der Waals surface area (Å²) in [6.45, 7) is 24.4. The van der Waals surface area contributed by atoms with Crippen molar-refractivity contribution in [1.29, 1.82) is 0 Å². The van der Waals surface area contributed by atoms with Crippen LogP contribution in [0.15, 0.2) is 25.3 Å². The van der Waals surface area contributed by atoms with E-state index in [0.717, 1.165) is 27.3 Å². The minimum absolute atomic E-state index is 0.801. The van der Waals surface area contributed by atoms with E-state index in [4.69, 9.17) is 0 Å². The van der Waals surface area contributed by atoms with Crippen LogP contribution < -0.4 is 0 Å². The normalized spacial score (nSPS) is 12.8. The summed E-state index contributed by atoms with van der Waals surface area (Å²) < 4.78 is 5.12. The molecule has 0 aromatic carbocycles. The number of nitrogens with zero attached hydrogens (tertiary/aromatic N) is 1. The summed E-state index contributed by atoms with van der Waals surface area (Å²) in [6.07, 6.45) is 4.10. The summed E-state index contributed by atoms with van der Waals surface area (Å²) in [6, 6.07) is 0. The van der Waals surface area contributed by atoms with E-state index in [1.165, 1.54) is 0 Å². The maximum atomic E-state index is 3.93. The predicted octanol–water partition coefficient (Wildman–Crippen LogP) is 4.84. The van der Waals surface area contributed by atoms with Crippen molar-refractivity contribution in [2.24, 2.45) is 0 Å². The van der Waals surface area contributed by atoms with Crippen LogP contribution in [0.5, 0.6) is 0 Å². The third-order valence-electron chi connectivity index (χ3n) is 4.02. The zero-order chi connectivity index (χ0) is 13.6. The Labute approximate surface area is 112 Å². The topological polar surface area (TPSA) is 3.24 Å². The molecule has 17 heavy (non-hydrogen) atoms. The van der Waals surface area contributed by atoms with Gasteiger partial charge in [0.25, 0.3) is 0 Å². The third-order valence-corrected chi connectivity index (χ3v) is 18.7. The maximum absolute atomic E-state index is 3.93. The second-order valence-electron chi connectivity index (χ2n) is 5.83. The average Bonchev–Trinajstić information content (AvgIpc) is 2.17. The Morgan fingerprint density at radius 2 is 1.12 bits per heavy atom. The zero-order valence-corrected chi connectivity index (χ0v) is 14.8. The van der Waals surface area contributed by atoms with Crippen molar-refractivity contribution >= 4 is 13.5 Å². The van der Waals surface area contributed by atoms with E-state index in [9.17, 15) is 0 Å². The summed E-state index contributed by atoms with van der Waals surface area (Å²) in [4.78, 5) is 0. The van der Waals surface area contributed by atoms with E-state index < -0.39 is 13.5 Å². The van der Waals surface area contributed by atoms with Crippen LogP contribution in [-0.4, -0.2) is 30.4 Å². The number of rotatable bonds is 8. The van der Waals surface area contributed by atoms with Crippen LogP contribution >= 0.6 is 0 Å². The van der Waals surface area contributed by atoms with Gasteiger partial charge in [-0.2, -0.15) is 0 Å². The summed E-state index contributed by atoms with van der Waals surface area (Å²) in [5.41, 5.74) is 0. The first-order valence-corrected chi connectivity index (χ1v) is 11.4. The average molecular weight is 298 g/mol. The van der Waals surface area contributed by atoms with Gasteiger partial charge >= 0.3 is 112 Å². The molecule has 0 saturated heterocycles. The quantitative estimate of drug-likeness (QED) is 0.458. The molecule has 0 atom stereocenters. The van der Waals surface area contributed by atoms with Crippen molar-refractivity contribution in [3.63, 3.8) is 0 Å². The molecule has 0 fully saturated rings. The summed E-state index contributed by atoms with van der Waals surface area (Å²) in [7, 11) is 0. The van der Waals surface area contributed by atoms with Crippen LogP contribution in [0, 0.1) is 0 Å². The second-order valence-corrected chi connectivity index (χ2v) is 18.2. The standard InChI is InChI=1S/C15H31GeN/c1-9-11-17(12-10-2)16(13(3)4,14(5)6)15(7)8/h9-10,13-15H,1-2,11-12H2,3-8H3. The van der Waals surface area contributed by atoms with Gasteiger partial charge in [-0.05, 0) is 0 Å². The molecule has 0 bridgehead atoms. The fraction of sp³-hybridized carbons (Fsp3) is 0.733. The Morgan fingerprint density at radius 3 is 1.29 bits per heavy atom. The van der Waals surface area contributed by atoms with Crippen molar-refractivity contribution in [2.45, 2.75) is 55.8 Å². The molecule has 0 saturated carbocycles. The molecule has 1 nitrogen and oxygen atoms in total. The molecule has 0 N–H and O–H groups in total. The van der Waals surface area contributed by atoms with Gasteiger partial charge in [-0.1, -0.05) is 0 Å². The van der Waals surface area contributed by atoms with Crippen molar-refractivity contribution in [3.05, 3.63) is 25.3 Å². The Kier molecular flexibility index (Phi) is 7.42. The van der Waals surface area contributed by atoms with E-state index in [2.05, 4.69) is 70.7 Å². The second kappa shape index (κ2) is 7.42. The van der Waals surface area contributed by atoms with Crippen LogP contribution in [0.3, 0.4) is 0 Å². The Morgan fingerprint density at radius 1 is 0.824 bits per heavy atom. The summed E-state index contributed by atoms with van der Waals surface area (Å²) in [5, 5.41) is 0. The van der Waals surface area contributed by atoms with E-state index in [-0.39, 0.29) is 0 Å². The summed E-state index contributed by atoms with van der Waals surface area (Å²) in [5.74, 6) is 0. The van der Waals surface area contributed by atoms with Crippen LogP contribution in [0.4, 0.5) is 0 Å². The van der Waals surface area contributed by atoms with Crippen LogP contribution in [-0.2, 0) is 0 Å². The molecule has 0 spiro atoms. The van der Waals surface area contributed by atoms with Gasteiger partial charge in [-0.15, -0.1) is 0 Å². The molecule has 0 aliphatic carbocycles. The molecule has 0 aliphatic heterocycles. The molecule has 0 aliphatic rings. The van der Waals surface area contributed by atoms with Gasteiger partial charge in [0.2, 0.25) is 0 Å². The molecule has 100 valence electrons. The SMILES string of the molecule is C=CC[N](CC=C)[Ge]([CH](C)C)([CH](C)C)[CH](C)C. The van der Waals surface area contributed by atoms with Crippen molar-refractivity contribution < 1.29 is 0 Å². The molecular formula is C15H31GeN. The van der Waals surface area contributed by atoms with Crippen molar-refractivity contribution in [1.82, 2.24) is 3.86 Å². The third kappa shape index (κ3) is 3.48.